The molecule has 110 valence electrons. The van der Waals surface area contributed by atoms with Crippen LogP contribution < -0.4 is 5.32 Å². The Kier molecular flexibility index (Phi) is 5.15. The third-order valence-electron chi connectivity index (χ3n) is 4.00. The van der Waals surface area contributed by atoms with Crippen LogP contribution in [0.25, 0.3) is 0 Å². The second-order valence-electron chi connectivity index (χ2n) is 5.53. The monoisotopic (exact) mass is 276 g/mol. The summed E-state index contributed by atoms with van der Waals surface area (Å²) in [5.41, 5.74) is 1.63. The maximum Gasteiger partial charge on any atom is 0.338 e. The van der Waals surface area contributed by atoms with Crippen LogP contribution in [-0.4, -0.2) is 43.7 Å². The van der Waals surface area contributed by atoms with Crippen molar-refractivity contribution in [2.75, 3.05) is 20.7 Å². The van der Waals surface area contributed by atoms with Crippen LogP contribution in [0.1, 0.15) is 35.7 Å². The molecule has 20 heavy (non-hydrogen) atoms. The van der Waals surface area contributed by atoms with Crippen molar-refractivity contribution in [2.45, 2.75) is 38.4 Å². The van der Waals surface area contributed by atoms with Crippen LogP contribution in [0.4, 0.5) is 0 Å². The van der Waals surface area contributed by atoms with E-state index in [0.29, 0.717) is 18.2 Å². The van der Waals surface area contributed by atoms with E-state index in [9.17, 15) is 4.79 Å². The molecule has 1 saturated carbocycles. The van der Waals surface area contributed by atoms with Gasteiger partial charge in [0.15, 0.2) is 0 Å². The normalized spacial score (nSPS) is 16.2. The van der Waals surface area contributed by atoms with Crippen molar-refractivity contribution in [1.29, 1.82) is 0 Å². The topological polar surface area (TPSA) is 41.6 Å². The van der Waals surface area contributed by atoms with Crippen LogP contribution in [0, 0.1) is 0 Å². The quantitative estimate of drug-likeness (QED) is 0.774. The minimum atomic E-state index is -0.273. The van der Waals surface area contributed by atoms with E-state index >= 15 is 0 Å². The Hall–Kier alpha value is -1.39. The molecule has 0 spiro atoms. The SMILES string of the molecule is COC(=O)c1ccccc1CNCC(C)N(C)C1CC1. The lowest BCUT2D eigenvalue weighted by molar-refractivity contribution is 0.0599. The zero-order chi connectivity index (χ0) is 14.5. The number of rotatable bonds is 7. The highest BCUT2D eigenvalue weighted by atomic mass is 16.5. The van der Waals surface area contributed by atoms with Gasteiger partial charge >= 0.3 is 5.97 Å². The maximum atomic E-state index is 11.7. The zero-order valence-corrected chi connectivity index (χ0v) is 12.6. The van der Waals surface area contributed by atoms with E-state index in [1.807, 2.05) is 24.3 Å². The molecule has 0 saturated heterocycles. The van der Waals surface area contributed by atoms with E-state index in [1.54, 1.807) is 0 Å². The van der Waals surface area contributed by atoms with Crippen molar-refractivity contribution in [3.05, 3.63) is 35.4 Å². The molecule has 1 aromatic rings. The average molecular weight is 276 g/mol. The highest BCUT2D eigenvalue weighted by Gasteiger charge is 2.28. The van der Waals surface area contributed by atoms with Gasteiger partial charge in [0.05, 0.1) is 12.7 Å². The molecule has 0 aromatic heterocycles. The summed E-state index contributed by atoms with van der Waals surface area (Å²) in [5, 5.41) is 3.43. The number of benzene rings is 1. The Morgan fingerprint density at radius 2 is 2.15 bits per heavy atom. The fraction of sp³-hybridized carbons (Fsp3) is 0.562. The van der Waals surface area contributed by atoms with Crippen molar-refractivity contribution in [2.24, 2.45) is 0 Å². The van der Waals surface area contributed by atoms with Crippen LogP contribution in [-0.2, 0) is 11.3 Å². The summed E-state index contributed by atoms with van der Waals surface area (Å²) in [6.45, 7) is 3.84. The fourth-order valence-corrected chi connectivity index (χ4v) is 2.38. The summed E-state index contributed by atoms with van der Waals surface area (Å²) in [6, 6.07) is 8.86. The fourth-order valence-electron chi connectivity index (χ4n) is 2.38. The van der Waals surface area contributed by atoms with Gasteiger partial charge in [0.2, 0.25) is 0 Å². The maximum absolute atomic E-state index is 11.7. The van der Waals surface area contributed by atoms with Gasteiger partial charge in [0, 0.05) is 25.2 Å². The van der Waals surface area contributed by atoms with Crippen LogP contribution in [0.3, 0.4) is 0 Å². The molecule has 1 N–H and O–H groups in total. The van der Waals surface area contributed by atoms with Gasteiger partial charge in [-0.15, -0.1) is 0 Å². The minimum Gasteiger partial charge on any atom is -0.465 e. The summed E-state index contributed by atoms with van der Waals surface area (Å²) in [5.74, 6) is -0.273. The molecule has 1 atom stereocenters. The van der Waals surface area contributed by atoms with Gasteiger partial charge in [0.1, 0.15) is 0 Å². The largest absolute Gasteiger partial charge is 0.465 e. The Bertz CT molecular complexity index is 458. The van der Waals surface area contributed by atoms with Gasteiger partial charge in [-0.2, -0.15) is 0 Å². The van der Waals surface area contributed by atoms with E-state index < -0.39 is 0 Å². The summed E-state index contributed by atoms with van der Waals surface area (Å²) in [7, 11) is 3.60. The molecule has 1 fully saturated rings. The standard InChI is InChI=1S/C16H24N2O2/c1-12(18(2)14-8-9-14)10-17-11-13-6-4-5-7-15(13)16(19)20-3/h4-7,12,14,17H,8-11H2,1-3H3. The van der Waals surface area contributed by atoms with Gasteiger partial charge in [-0.25, -0.2) is 4.79 Å². The zero-order valence-electron chi connectivity index (χ0n) is 12.6. The Morgan fingerprint density at radius 1 is 1.45 bits per heavy atom. The van der Waals surface area contributed by atoms with Crippen molar-refractivity contribution < 1.29 is 9.53 Å². The van der Waals surface area contributed by atoms with Gasteiger partial charge in [-0.05, 0) is 38.4 Å². The Morgan fingerprint density at radius 3 is 2.80 bits per heavy atom. The van der Waals surface area contributed by atoms with Crippen molar-refractivity contribution in [3.63, 3.8) is 0 Å². The highest BCUT2D eigenvalue weighted by molar-refractivity contribution is 5.90. The number of hydrogen-bond donors (Lipinski definition) is 1. The molecule has 4 heteroatoms. The predicted octanol–water partition coefficient (Wildman–Crippen LogP) is 2.05. The van der Waals surface area contributed by atoms with Crippen LogP contribution in [0.15, 0.2) is 24.3 Å². The first-order chi connectivity index (χ1) is 9.63. The van der Waals surface area contributed by atoms with E-state index in [-0.39, 0.29) is 5.97 Å². The molecule has 2 rings (SSSR count). The third-order valence-corrected chi connectivity index (χ3v) is 4.00. The molecule has 0 radical (unpaired) electrons. The van der Waals surface area contributed by atoms with Crippen molar-refractivity contribution in [3.8, 4) is 0 Å². The molecule has 1 aliphatic carbocycles. The van der Waals surface area contributed by atoms with Crippen LogP contribution in [0.2, 0.25) is 0 Å². The first kappa shape index (κ1) is 15.0. The Labute approximate surface area is 121 Å². The number of carbonyl (C=O) groups is 1. The van der Waals surface area contributed by atoms with Crippen molar-refractivity contribution in [1.82, 2.24) is 10.2 Å². The second kappa shape index (κ2) is 6.86. The van der Waals surface area contributed by atoms with E-state index in [1.165, 1.54) is 20.0 Å². The summed E-state index contributed by atoms with van der Waals surface area (Å²) < 4.78 is 4.81. The van der Waals surface area contributed by atoms with E-state index in [2.05, 4.69) is 24.2 Å². The summed E-state index contributed by atoms with van der Waals surface area (Å²) in [4.78, 5) is 14.1. The van der Waals surface area contributed by atoms with E-state index in [4.69, 9.17) is 4.74 Å². The lowest BCUT2D eigenvalue weighted by Gasteiger charge is -2.24. The number of hydrogen-bond acceptors (Lipinski definition) is 4. The molecular formula is C16H24N2O2. The Balaban J connectivity index is 1.86. The number of methoxy groups -OCH3 is 1. The molecule has 1 aromatic carbocycles. The van der Waals surface area contributed by atoms with E-state index in [0.717, 1.165) is 18.2 Å². The van der Waals surface area contributed by atoms with Crippen LogP contribution >= 0.6 is 0 Å². The predicted molar refractivity (Wildman–Crippen MR) is 79.7 cm³/mol. The number of likely N-dealkylation sites (N-methyl/N-ethyl adjacent to an activating group) is 1. The summed E-state index contributed by atoms with van der Waals surface area (Å²) in [6.07, 6.45) is 2.65. The smallest absolute Gasteiger partial charge is 0.338 e. The van der Waals surface area contributed by atoms with Gasteiger partial charge < -0.3 is 10.1 Å². The number of nitrogens with one attached hydrogen (secondary N) is 1. The number of nitrogens with zero attached hydrogens (tertiary/aromatic N) is 1. The molecule has 4 nitrogen and oxygen atoms in total. The minimum absolute atomic E-state index is 0.273. The summed E-state index contributed by atoms with van der Waals surface area (Å²) >= 11 is 0. The number of esters is 1. The third kappa shape index (κ3) is 3.81. The number of ether oxygens (including phenoxy) is 1. The first-order valence-corrected chi connectivity index (χ1v) is 7.22. The average Bonchev–Trinajstić information content (AvgIpc) is 3.30. The van der Waals surface area contributed by atoms with Gasteiger partial charge in [0.25, 0.3) is 0 Å². The highest BCUT2D eigenvalue weighted by Crippen LogP contribution is 2.26. The van der Waals surface area contributed by atoms with Crippen molar-refractivity contribution >= 4 is 5.97 Å². The molecule has 1 unspecified atom stereocenters. The van der Waals surface area contributed by atoms with Gasteiger partial charge in [-0.3, -0.25) is 4.90 Å². The van der Waals surface area contributed by atoms with Crippen LogP contribution in [0.5, 0.6) is 0 Å². The number of carbonyl (C=O) groups excluding carboxylic acids is 1. The molecule has 0 aliphatic heterocycles. The second-order valence-corrected chi connectivity index (χ2v) is 5.53. The molecule has 1 aliphatic rings. The molecule has 0 heterocycles. The lowest BCUT2D eigenvalue weighted by Crippen LogP contribution is -2.39. The molecular weight excluding hydrogens is 252 g/mol. The lowest BCUT2D eigenvalue weighted by atomic mass is 10.1. The van der Waals surface area contributed by atoms with Gasteiger partial charge in [-0.1, -0.05) is 18.2 Å². The first-order valence-electron chi connectivity index (χ1n) is 7.22. The molecule has 0 bridgehead atoms. The molecule has 0 amide bonds.